The SMILES string of the molecule is CCC(CN)CN(C)Cc1ccc2oc(=O)[nH]c2c1. The molecule has 0 amide bonds. The van der Waals surface area contributed by atoms with Gasteiger partial charge in [0.15, 0.2) is 5.58 Å². The Morgan fingerprint density at radius 3 is 2.95 bits per heavy atom. The van der Waals surface area contributed by atoms with Crippen molar-refractivity contribution in [2.45, 2.75) is 19.9 Å². The van der Waals surface area contributed by atoms with Crippen LogP contribution < -0.4 is 11.5 Å². The Morgan fingerprint density at radius 1 is 1.47 bits per heavy atom. The summed E-state index contributed by atoms with van der Waals surface area (Å²) in [4.78, 5) is 16.0. The van der Waals surface area contributed by atoms with Crippen LogP contribution in [-0.4, -0.2) is 30.0 Å². The molecule has 3 N–H and O–H groups in total. The Morgan fingerprint density at radius 2 is 2.26 bits per heavy atom. The predicted octanol–water partition coefficient (Wildman–Crippen LogP) is 1.54. The zero-order chi connectivity index (χ0) is 13.8. The minimum absolute atomic E-state index is 0.408. The molecule has 1 unspecified atom stereocenters. The molecule has 0 saturated heterocycles. The van der Waals surface area contributed by atoms with E-state index in [1.54, 1.807) is 0 Å². The molecule has 5 heteroatoms. The standard InChI is InChI=1S/C14H21N3O2/c1-3-10(7-15)8-17(2)9-11-4-5-13-12(6-11)16-14(18)19-13/h4-6,10H,3,7-9,15H2,1-2H3,(H,16,18). The van der Waals surface area contributed by atoms with Crippen molar-refractivity contribution in [1.29, 1.82) is 0 Å². The van der Waals surface area contributed by atoms with Crippen molar-refractivity contribution in [3.8, 4) is 0 Å². The van der Waals surface area contributed by atoms with E-state index < -0.39 is 5.76 Å². The Balaban J connectivity index is 2.05. The van der Waals surface area contributed by atoms with Gasteiger partial charge in [0.1, 0.15) is 0 Å². The number of H-pyrrole nitrogens is 1. The van der Waals surface area contributed by atoms with Gasteiger partial charge in [0.2, 0.25) is 0 Å². The van der Waals surface area contributed by atoms with E-state index >= 15 is 0 Å². The fraction of sp³-hybridized carbons (Fsp3) is 0.500. The topological polar surface area (TPSA) is 75.3 Å². The normalized spacial score (nSPS) is 13.3. The molecule has 0 aliphatic rings. The third kappa shape index (κ3) is 3.45. The summed E-state index contributed by atoms with van der Waals surface area (Å²) in [5.74, 6) is 0.122. The molecule has 0 saturated carbocycles. The number of hydrogen-bond acceptors (Lipinski definition) is 4. The first-order valence-corrected chi connectivity index (χ1v) is 6.62. The molecule has 0 aliphatic heterocycles. The molecule has 2 aromatic rings. The van der Waals surface area contributed by atoms with Gasteiger partial charge in [-0.05, 0) is 37.2 Å². The number of aromatic nitrogens is 1. The van der Waals surface area contributed by atoms with Crippen molar-refractivity contribution in [2.75, 3.05) is 20.1 Å². The van der Waals surface area contributed by atoms with E-state index in [1.807, 2.05) is 18.2 Å². The maximum atomic E-state index is 11.1. The maximum Gasteiger partial charge on any atom is 0.417 e. The van der Waals surface area contributed by atoms with E-state index in [0.717, 1.165) is 37.1 Å². The Bertz CT molecular complexity index is 584. The number of rotatable bonds is 6. The number of benzene rings is 1. The molecular weight excluding hydrogens is 242 g/mol. The highest BCUT2D eigenvalue weighted by Crippen LogP contribution is 2.14. The number of nitrogens with one attached hydrogen (secondary N) is 1. The second-order valence-corrected chi connectivity index (χ2v) is 5.05. The molecule has 1 aromatic carbocycles. The van der Waals surface area contributed by atoms with Crippen molar-refractivity contribution in [3.05, 3.63) is 34.3 Å². The van der Waals surface area contributed by atoms with Gasteiger partial charge in [0.25, 0.3) is 0 Å². The van der Waals surface area contributed by atoms with E-state index in [-0.39, 0.29) is 0 Å². The summed E-state index contributed by atoms with van der Waals surface area (Å²) < 4.78 is 4.99. The van der Waals surface area contributed by atoms with Crippen LogP contribution in [-0.2, 0) is 6.54 Å². The third-order valence-corrected chi connectivity index (χ3v) is 3.42. The number of oxazole rings is 1. The van der Waals surface area contributed by atoms with Gasteiger partial charge in [-0.1, -0.05) is 19.4 Å². The molecular formula is C14H21N3O2. The minimum atomic E-state index is -0.408. The first-order valence-electron chi connectivity index (χ1n) is 6.62. The lowest BCUT2D eigenvalue weighted by Gasteiger charge is -2.22. The van der Waals surface area contributed by atoms with Crippen LogP contribution in [0.1, 0.15) is 18.9 Å². The van der Waals surface area contributed by atoms with Gasteiger partial charge >= 0.3 is 5.76 Å². The monoisotopic (exact) mass is 263 g/mol. The third-order valence-electron chi connectivity index (χ3n) is 3.42. The summed E-state index contributed by atoms with van der Waals surface area (Å²) in [5, 5.41) is 0. The highest BCUT2D eigenvalue weighted by Gasteiger charge is 2.09. The highest BCUT2D eigenvalue weighted by molar-refractivity contribution is 5.72. The zero-order valence-electron chi connectivity index (χ0n) is 11.5. The van der Waals surface area contributed by atoms with E-state index in [2.05, 4.69) is 23.9 Å². The van der Waals surface area contributed by atoms with Gasteiger partial charge in [-0.2, -0.15) is 0 Å². The summed E-state index contributed by atoms with van der Waals surface area (Å²) in [6.45, 7) is 4.69. The van der Waals surface area contributed by atoms with E-state index in [4.69, 9.17) is 10.2 Å². The average molecular weight is 263 g/mol. The molecule has 0 radical (unpaired) electrons. The van der Waals surface area contributed by atoms with E-state index in [0.29, 0.717) is 11.5 Å². The van der Waals surface area contributed by atoms with Gasteiger partial charge in [-0.15, -0.1) is 0 Å². The molecule has 104 valence electrons. The highest BCUT2D eigenvalue weighted by atomic mass is 16.4. The molecule has 1 atom stereocenters. The van der Waals surface area contributed by atoms with Crippen LogP contribution in [0.2, 0.25) is 0 Å². The van der Waals surface area contributed by atoms with Crippen molar-refractivity contribution in [3.63, 3.8) is 0 Å². The number of nitrogens with two attached hydrogens (primary N) is 1. The maximum absolute atomic E-state index is 11.1. The van der Waals surface area contributed by atoms with Gasteiger partial charge in [-0.25, -0.2) is 4.79 Å². The number of fused-ring (bicyclic) bond motifs is 1. The summed E-state index contributed by atoms with van der Waals surface area (Å²) in [6, 6.07) is 5.77. The van der Waals surface area contributed by atoms with Crippen LogP contribution in [0.25, 0.3) is 11.1 Å². The summed E-state index contributed by atoms with van der Waals surface area (Å²) >= 11 is 0. The number of nitrogens with zero attached hydrogens (tertiary/aromatic N) is 1. The van der Waals surface area contributed by atoms with Crippen LogP contribution in [0, 0.1) is 5.92 Å². The van der Waals surface area contributed by atoms with Crippen molar-refractivity contribution in [2.24, 2.45) is 11.7 Å². The predicted molar refractivity (Wildman–Crippen MR) is 76.0 cm³/mol. The molecule has 5 nitrogen and oxygen atoms in total. The second kappa shape index (κ2) is 6.04. The number of hydrogen-bond donors (Lipinski definition) is 2. The summed E-state index contributed by atoms with van der Waals surface area (Å²) in [7, 11) is 2.08. The van der Waals surface area contributed by atoms with E-state index in [9.17, 15) is 4.79 Å². The fourth-order valence-electron chi connectivity index (χ4n) is 2.28. The van der Waals surface area contributed by atoms with Gasteiger partial charge in [0, 0.05) is 13.1 Å². The molecule has 0 aliphatic carbocycles. The lowest BCUT2D eigenvalue weighted by atomic mass is 10.1. The van der Waals surface area contributed by atoms with Crippen molar-refractivity contribution < 1.29 is 4.42 Å². The second-order valence-electron chi connectivity index (χ2n) is 5.05. The molecule has 2 rings (SSSR count). The average Bonchev–Trinajstić information content (AvgIpc) is 2.75. The van der Waals surface area contributed by atoms with Crippen LogP contribution in [0.3, 0.4) is 0 Å². The smallest absolute Gasteiger partial charge is 0.408 e. The van der Waals surface area contributed by atoms with Gasteiger partial charge < -0.3 is 15.1 Å². The first kappa shape index (κ1) is 13.8. The van der Waals surface area contributed by atoms with Crippen molar-refractivity contribution in [1.82, 2.24) is 9.88 Å². The van der Waals surface area contributed by atoms with Gasteiger partial charge in [0.05, 0.1) is 5.52 Å². The van der Waals surface area contributed by atoms with Crippen LogP contribution in [0.5, 0.6) is 0 Å². The van der Waals surface area contributed by atoms with Crippen molar-refractivity contribution >= 4 is 11.1 Å². The Labute approximate surface area is 112 Å². The van der Waals surface area contributed by atoms with Crippen LogP contribution in [0.4, 0.5) is 0 Å². The van der Waals surface area contributed by atoms with Crippen LogP contribution >= 0.6 is 0 Å². The Hall–Kier alpha value is -1.59. The lowest BCUT2D eigenvalue weighted by Crippen LogP contribution is -2.29. The van der Waals surface area contributed by atoms with E-state index in [1.165, 1.54) is 0 Å². The minimum Gasteiger partial charge on any atom is -0.408 e. The Kier molecular flexibility index (Phi) is 4.39. The summed E-state index contributed by atoms with van der Waals surface area (Å²) in [5.41, 5.74) is 8.23. The largest absolute Gasteiger partial charge is 0.417 e. The van der Waals surface area contributed by atoms with Crippen LogP contribution in [0.15, 0.2) is 27.4 Å². The molecule has 0 fully saturated rings. The lowest BCUT2D eigenvalue weighted by molar-refractivity contribution is 0.268. The zero-order valence-corrected chi connectivity index (χ0v) is 11.5. The number of aromatic amines is 1. The molecule has 1 heterocycles. The molecule has 19 heavy (non-hydrogen) atoms. The fourth-order valence-corrected chi connectivity index (χ4v) is 2.28. The summed E-state index contributed by atoms with van der Waals surface area (Å²) in [6.07, 6.45) is 1.09. The first-order chi connectivity index (χ1) is 9.12. The molecule has 1 aromatic heterocycles. The van der Waals surface area contributed by atoms with Gasteiger partial charge in [-0.3, -0.25) is 4.98 Å². The quantitative estimate of drug-likeness (QED) is 0.829. The molecule has 0 spiro atoms. The molecule has 0 bridgehead atoms.